The number of carbonyl (C=O) groups excluding carboxylic acids is 1. The number of fused-ring (bicyclic) bond motifs is 3. The molecule has 0 spiro atoms. The van der Waals surface area contributed by atoms with E-state index < -0.39 is 15.9 Å². The number of ether oxygens (including phenoxy) is 1. The Bertz CT molecular complexity index is 1040. The topological polar surface area (TPSA) is 124 Å². The van der Waals surface area contributed by atoms with Gasteiger partial charge < -0.3 is 10.1 Å². The molecule has 0 saturated carbocycles. The molecule has 2 aromatic heterocycles. The van der Waals surface area contributed by atoms with Gasteiger partial charge in [-0.3, -0.25) is 9.67 Å². The quantitative estimate of drug-likeness (QED) is 0.791. The number of hydrogen-bond acceptors (Lipinski definition) is 5. The van der Waals surface area contributed by atoms with Crippen LogP contribution < -0.4 is 10.5 Å². The van der Waals surface area contributed by atoms with Gasteiger partial charge in [0.25, 0.3) is 0 Å². The molecule has 5 rings (SSSR count). The highest BCUT2D eigenvalue weighted by molar-refractivity contribution is 7.91. The first-order chi connectivity index (χ1) is 13.5. The van der Waals surface area contributed by atoms with Gasteiger partial charge in [-0.25, -0.2) is 14.1 Å². The second kappa shape index (κ2) is 6.64. The fourth-order valence-corrected chi connectivity index (χ4v) is 5.15. The highest BCUT2D eigenvalue weighted by Crippen LogP contribution is 2.36. The van der Waals surface area contributed by atoms with E-state index in [1.54, 1.807) is 10.7 Å². The number of anilines is 1. The lowest BCUT2D eigenvalue weighted by Gasteiger charge is -2.14. The van der Waals surface area contributed by atoms with E-state index in [2.05, 4.69) is 14.8 Å². The summed E-state index contributed by atoms with van der Waals surface area (Å²) in [6, 6.07) is 0.893. The molecule has 1 aliphatic heterocycles. The zero-order valence-electron chi connectivity index (χ0n) is 15.4. The molecule has 9 nitrogen and oxygen atoms in total. The maximum absolute atomic E-state index is 12.9. The minimum absolute atomic E-state index is 0.105. The Morgan fingerprint density at radius 2 is 1.93 bits per heavy atom. The summed E-state index contributed by atoms with van der Waals surface area (Å²) < 4.78 is 23.7. The van der Waals surface area contributed by atoms with Crippen molar-refractivity contribution < 1.29 is 13.7 Å². The first kappa shape index (κ1) is 17.8. The molecule has 3 heterocycles. The minimum Gasteiger partial charge on any atom is -0.373 e. The van der Waals surface area contributed by atoms with Crippen molar-refractivity contribution in [2.75, 3.05) is 11.9 Å². The first-order valence-corrected chi connectivity index (χ1v) is 11.1. The second-order valence-electron chi connectivity index (χ2n) is 7.38. The van der Waals surface area contributed by atoms with E-state index >= 15 is 0 Å². The van der Waals surface area contributed by atoms with Crippen molar-refractivity contribution in [1.82, 2.24) is 14.8 Å². The Morgan fingerprint density at radius 3 is 2.61 bits per heavy atom. The average molecular weight is 402 g/mol. The van der Waals surface area contributed by atoms with Crippen molar-refractivity contribution in [3.05, 3.63) is 34.3 Å². The lowest BCUT2D eigenvalue weighted by Crippen LogP contribution is -2.20. The third-order valence-electron chi connectivity index (χ3n) is 5.54. The van der Waals surface area contributed by atoms with Gasteiger partial charge in [0, 0.05) is 17.5 Å². The Kier molecular flexibility index (Phi) is 4.22. The molecule has 0 aromatic carbocycles. The number of aromatic nitrogens is 3. The van der Waals surface area contributed by atoms with Gasteiger partial charge in [-0.05, 0) is 49.7 Å². The number of nitrogens with one attached hydrogen (secondary N) is 1. The van der Waals surface area contributed by atoms with Gasteiger partial charge in [0.1, 0.15) is 0 Å². The monoisotopic (exact) mass is 402 g/mol. The van der Waals surface area contributed by atoms with Crippen molar-refractivity contribution in [2.24, 2.45) is 9.50 Å². The highest BCUT2D eigenvalue weighted by atomic mass is 32.2. The summed E-state index contributed by atoms with van der Waals surface area (Å²) in [5.41, 5.74) is 5.87. The first-order valence-electron chi connectivity index (χ1n) is 9.55. The van der Waals surface area contributed by atoms with Gasteiger partial charge >= 0.3 is 6.03 Å². The molecular weight excluding hydrogens is 380 g/mol. The van der Waals surface area contributed by atoms with E-state index in [9.17, 15) is 9.00 Å². The van der Waals surface area contributed by atoms with Crippen LogP contribution in [0.2, 0.25) is 0 Å². The van der Waals surface area contributed by atoms with Crippen molar-refractivity contribution >= 4 is 21.6 Å². The summed E-state index contributed by atoms with van der Waals surface area (Å²) >= 11 is 0. The SMILES string of the molecule is NS(=O)(=NC(=O)Nc1c2c(nc3c1CCC3)CCC2)c1cc2n(n1)CCOC2. The number of nitrogens with two attached hydrogens (primary N) is 1. The molecule has 1 unspecified atom stereocenters. The van der Waals surface area contributed by atoms with Crippen molar-refractivity contribution in [3.63, 3.8) is 0 Å². The summed E-state index contributed by atoms with van der Waals surface area (Å²) in [5, 5.41) is 13.1. The number of carbonyl (C=O) groups is 1. The van der Waals surface area contributed by atoms with Crippen LogP contribution in [0.1, 0.15) is 41.1 Å². The predicted octanol–water partition coefficient (Wildman–Crippen LogP) is 1.72. The maximum Gasteiger partial charge on any atom is 0.354 e. The van der Waals surface area contributed by atoms with Gasteiger partial charge in [-0.1, -0.05) is 0 Å². The van der Waals surface area contributed by atoms with E-state index in [1.807, 2.05) is 0 Å². The fourth-order valence-electron chi connectivity index (χ4n) is 4.25. The molecule has 0 bridgehead atoms. The molecule has 0 fully saturated rings. The Hall–Kier alpha value is -2.30. The van der Waals surface area contributed by atoms with Crippen LogP contribution in [0.25, 0.3) is 0 Å². The summed E-state index contributed by atoms with van der Waals surface area (Å²) in [7, 11) is -3.44. The normalized spacial score (nSPS) is 19.5. The maximum atomic E-state index is 12.9. The largest absolute Gasteiger partial charge is 0.373 e. The summed E-state index contributed by atoms with van der Waals surface area (Å²) in [4.78, 5) is 17.4. The van der Waals surface area contributed by atoms with Gasteiger partial charge in [0.15, 0.2) is 14.9 Å². The molecule has 3 aliphatic rings. The van der Waals surface area contributed by atoms with Crippen LogP contribution in [-0.4, -0.2) is 31.6 Å². The van der Waals surface area contributed by atoms with Crippen LogP contribution in [0, 0.1) is 0 Å². The Morgan fingerprint density at radius 1 is 1.21 bits per heavy atom. The van der Waals surface area contributed by atoms with E-state index in [0.29, 0.717) is 19.8 Å². The van der Waals surface area contributed by atoms with Gasteiger partial charge in [-0.2, -0.15) is 5.10 Å². The van der Waals surface area contributed by atoms with Crippen LogP contribution in [0.15, 0.2) is 15.5 Å². The second-order valence-corrected chi connectivity index (χ2v) is 9.12. The van der Waals surface area contributed by atoms with E-state index in [0.717, 1.165) is 72.4 Å². The third-order valence-corrected chi connectivity index (χ3v) is 6.78. The number of aryl methyl sites for hydroxylation is 2. The van der Waals surface area contributed by atoms with Gasteiger partial charge in [0.05, 0.1) is 31.1 Å². The van der Waals surface area contributed by atoms with Crippen LogP contribution in [0.5, 0.6) is 0 Å². The van der Waals surface area contributed by atoms with E-state index in [4.69, 9.17) is 14.9 Å². The predicted molar refractivity (Wildman–Crippen MR) is 102 cm³/mol. The van der Waals surface area contributed by atoms with Gasteiger partial charge in [0.2, 0.25) is 0 Å². The molecule has 0 saturated heterocycles. The number of pyridine rings is 1. The van der Waals surface area contributed by atoms with Crippen molar-refractivity contribution in [3.8, 4) is 0 Å². The number of rotatable bonds is 2. The van der Waals surface area contributed by atoms with Crippen LogP contribution in [-0.2, 0) is 53.5 Å². The molecule has 0 radical (unpaired) electrons. The molecular formula is C18H22N6O3S. The molecule has 2 amide bonds. The average Bonchev–Trinajstić information content (AvgIpc) is 3.39. The Labute approximate surface area is 163 Å². The number of nitrogens with zero attached hydrogens (tertiary/aromatic N) is 4. The lowest BCUT2D eigenvalue weighted by molar-refractivity contribution is 0.0799. The third kappa shape index (κ3) is 3.01. The summed E-state index contributed by atoms with van der Waals surface area (Å²) in [6.45, 7) is 1.48. The fraction of sp³-hybridized carbons (Fsp3) is 0.500. The molecule has 28 heavy (non-hydrogen) atoms. The van der Waals surface area contributed by atoms with Crippen LogP contribution in [0.3, 0.4) is 0 Å². The van der Waals surface area contributed by atoms with E-state index in [-0.39, 0.29) is 5.03 Å². The molecule has 2 aliphatic carbocycles. The number of hydrogen-bond donors (Lipinski definition) is 2. The molecule has 1 atom stereocenters. The molecule has 2 aromatic rings. The van der Waals surface area contributed by atoms with Crippen LogP contribution in [0.4, 0.5) is 10.5 Å². The summed E-state index contributed by atoms with van der Waals surface area (Å²) in [5.74, 6) is 0. The van der Waals surface area contributed by atoms with Crippen molar-refractivity contribution in [2.45, 2.75) is 56.7 Å². The highest BCUT2D eigenvalue weighted by Gasteiger charge is 2.27. The lowest BCUT2D eigenvalue weighted by atomic mass is 10.1. The number of amides is 2. The minimum atomic E-state index is -3.44. The zero-order chi connectivity index (χ0) is 19.3. The van der Waals surface area contributed by atoms with Gasteiger partial charge in [-0.15, -0.1) is 4.36 Å². The molecule has 10 heteroatoms. The summed E-state index contributed by atoms with van der Waals surface area (Å²) in [6.07, 6.45) is 5.69. The van der Waals surface area contributed by atoms with Crippen molar-refractivity contribution in [1.29, 1.82) is 0 Å². The standard InChI is InChI=1S/C18H22N6O3S/c19-28(26,16-9-11-10-27-8-7-24(11)22-16)23-18(25)21-17-12-3-1-5-14(12)20-15-6-2-4-13(15)17/h9H,1-8,10H2,(H3,19,20,21,23,25,26). The Balaban J connectivity index is 1.46. The zero-order valence-corrected chi connectivity index (χ0v) is 16.3. The van der Waals surface area contributed by atoms with Crippen LogP contribution >= 0.6 is 0 Å². The smallest absolute Gasteiger partial charge is 0.354 e. The number of urea groups is 1. The molecule has 3 N–H and O–H groups in total. The molecule has 148 valence electrons. The van der Waals surface area contributed by atoms with E-state index in [1.165, 1.54) is 0 Å².